The molecule has 0 saturated heterocycles. The lowest BCUT2D eigenvalue weighted by Gasteiger charge is -1.98. The highest BCUT2D eigenvalue weighted by Crippen LogP contribution is 2.17. The van der Waals surface area contributed by atoms with Gasteiger partial charge in [-0.1, -0.05) is 6.92 Å². The van der Waals surface area contributed by atoms with Crippen LogP contribution in [0, 0.1) is 13.8 Å². The molecule has 0 saturated carbocycles. The van der Waals surface area contributed by atoms with Gasteiger partial charge in [0.15, 0.2) is 0 Å². The van der Waals surface area contributed by atoms with E-state index in [1.807, 2.05) is 0 Å². The van der Waals surface area contributed by atoms with E-state index >= 15 is 0 Å². The van der Waals surface area contributed by atoms with Crippen molar-refractivity contribution in [1.29, 1.82) is 0 Å². The van der Waals surface area contributed by atoms with Gasteiger partial charge in [0.05, 0.1) is 17.6 Å². The highest BCUT2D eigenvalue weighted by atomic mass is 16.5. The summed E-state index contributed by atoms with van der Waals surface area (Å²) in [7, 11) is 0. The Kier molecular flexibility index (Phi) is 3.79. The number of H-pyrrole nitrogens is 1. The Labute approximate surface area is 102 Å². The number of rotatable bonds is 5. The van der Waals surface area contributed by atoms with Crippen molar-refractivity contribution in [2.75, 3.05) is 13.2 Å². The van der Waals surface area contributed by atoms with Crippen molar-refractivity contribution in [3.05, 3.63) is 29.1 Å². The van der Waals surface area contributed by atoms with Crippen LogP contribution in [0.25, 0.3) is 11.0 Å². The number of nitrogens with zero attached hydrogens (tertiary/aromatic N) is 1. The molecular weight excluding hydrogens is 212 g/mol. The highest BCUT2D eigenvalue weighted by molar-refractivity contribution is 5.77. The number of nitrogens with one attached hydrogen (secondary N) is 1. The number of benzene rings is 1. The quantitative estimate of drug-likeness (QED) is 0.804. The van der Waals surface area contributed by atoms with Crippen LogP contribution < -0.4 is 0 Å². The fraction of sp³-hybridized carbons (Fsp3) is 0.500. The summed E-state index contributed by atoms with van der Waals surface area (Å²) < 4.78 is 5.47. The van der Waals surface area contributed by atoms with Gasteiger partial charge < -0.3 is 9.72 Å². The Hall–Kier alpha value is -1.35. The third-order valence-electron chi connectivity index (χ3n) is 2.98. The normalized spacial score (nSPS) is 11.2. The first-order valence-corrected chi connectivity index (χ1v) is 6.24. The van der Waals surface area contributed by atoms with E-state index in [4.69, 9.17) is 4.74 Å². The van der Waals surface area contributed by atoms with E-state index in [1.165, 1.54) is 11.1 Å². The van der Waals surface area contributed by atoms with Crippen LogP contribution in [0.2, 0.25) is 0 Å². The first-order chi connectivity index (χ1) is 8.20. The molecule has 0 radical (unpaired) electrons. The Morgan fingerprint density at radius 1 is 1.18 bits per heavy atom. The molecule has 0 aliphatic rings. The van der Waals surface area contributed by atoms with Gasteiger partial charge in [-0.3, -0.25) is 0 Å². The topological polar surface area (TPSA) is 37.9 Å². The Bertz CT molecular complexity index is 463. The SMILES string of the molecule is CCCOCCc1nc2cc(C)c(C)cc2[nH]1. The van der Waals surface area contributed by atoms with Crippen LogP contribution in [-0.4, -0.2) is 23.2 Å². The third-order valence-corrected chi connectivity index (χ3v) is 2.98. The van der Waals surface area contributed by atoms with Crippen LogP contribution >= 0.6 is 0 Å². The molecule has 17 heavy (non-hydrogen) atoms. The molecule has 0 unspecified atom stereocenters. The molecule has 0 aliphatic heterocycles. The lowest BCUT2D eigenvalue weighted by molar-refractivity contribution is 0.137. The number of aromatic nitrogens is 2. The van der Waals surface area contributed by atoms with Crippen molar-refractivity contribution < 1.29 is 4.74 Å². The van der Waals surface area contributed by atoms with Crippen molar-refractivity contribution in [3.63, 3.8) is 0 Å². The number of fused-ring (bicyclic) bond motifs is 1. The molecule has 1 aromatic heterocycles. The molecule has 0 bridgehead atoms. The van der Waals surface area contributed by atoms with Crippen LogP contribution in [-0.2, 0) is 11.2 Å². The van der Waals surface area contributed by atoms with E-state index in [2.05, 4.69) is 42.9 Å². The summed E-state index contributed by atoms with van der Waals surface area (Å²) in [5.41, 5.74) is 4.77. The number of ether oxygens (including phenoxy) is 1. The molecule has 2 rings (SSSR count). The van der Waals surface area contributed by atoms with Gasteiger partial charge in [0.2, 0.25) is 0 Å². The van der Waals surface area contributed by atoms with Gasteiger partial charge in [0.25, 0.3) is 0 Å². The van der Waals surface area contributed by atoms with Gasteiger partial charge in [0.1, 0.15) is 5.82 Å². The maximum absolute atomic E-state index is 5.47. The molecule has 1 heterocycles. The molecule has 2 aromatic rings. The average molecular weight is 232 g/mol. The molecule has 3 heteroatoms. The minimum Gasteiger partial charge on any atom is -0.381 e. The van der Waals surface area contributed by atoms with E-state index < -0.39 is 0 Å². The Morgan fingerprint density at radius 2 is 1.94 bits per heavy atom. The van der Waals surface area contributed by atoms with Crippen molar-refractivity contribution in [2.24, 2.45) is 0 Å². The van der Waals surface area contributed by atoms with Crippen molar-refractivity contribution in [1.82, 2.24) is 9.97 Å². The van der Waals surface area contributed by atoms with E-state index in [-0.39, 0.29) is 0 Å². The van der Waals surface area contributed by atoms with Gasteiger partial charge in [-0.25, -0.2) is 4.98 Å². The maximum Gasteiger partial charge on any atom is 0.109 e. The molecule has 1 aromatic carbocycles. The third kappa shape index (κ3) is 2.86. The van der Waals surface area contributed by atoms with Crippen molar-refractivity contribution in [2.45, 2.75) is 33.6 Å². The second kappa shape index (κ2) is 5.32. The van der Waals surface area contributed by atoms with E-state index in [1.54, 1.807) is 0 Å². The number of hydrogen-bond donors (Lipinski definition) is 1. The van der Waals surface area contributed by atoms with Crippen LogP contribution in [0.1, 0.15) is 30.3 Å². The number of hydrogen-bond acceptors (Lipinski definition) is 2. The minimum absolute atomic E-state index is 0.742. The standard InChI is InChI=1S/C14H20N2O/c1-4-6-17-7-5-14-15-12-8-10(2)11(3)9-13(12)16-14/h8-9H,4-7H2,1-3H3,(H,15,16). The van der Waals surface area contributed by atoms with E-state index in [0.29, 0.717) is 0 Å². The van der Waals surface area contributed by atoms with Gasteiger partial charge >= 0.3 is 0 Å². The van der Waals surface area contributed by atoms with Gasteiger partial charge in [0, 0.05) is 13.0 Å². The molecule has 0 fully saturated rings. The second-order valence-electron chi connectivity index (χ2n) is 4.50. The number of aromatic amines is 1. The van der Waals surface area contributed by atoms with E-state index in [9.17, 15) is 0 Å². The molecule has 0 spiro atoms. The summed E-state index contributed by atoms with van der Waals surface area (Å²) in [6.45, 7) is 7.93. The van der Waals surface area contributed by atoms with Gasteiger partial charge in [-0.15, -0.1) is 0 Å². The summed E-state index contributed by atoms with van der Waals surface area (Å²) >= 11 is 0. The fourth-order valence-electron chi connectivity index (χ4n) is 1.86. The summed E-state index contributed by atoms with van der Waals surface area (Å²) in [6.07, 6.45) is 1.92. The Balaban J connectivity index is 2.09. The molecule has 1 N–H and O–H groups in total. The lowest BCUT2D eigenvalue weighted by Crippen LogP contribution is -2.00. The highest BCUT2D eigenvalue weighted by Gasteiger charge is 2.04. The summed E-state index contributed by atoms with van der Waals surface area (Å²) in [5, 5.41) is 0. The molecular formula is C14H20N2O. The summed E-state index contributed by atoms with van der Waals surface area (Å²) in [5.74, 6) is 1.01. The maximum atomic E-state index is 5.47. The zero-order valence-corrected chi connectivity index (χ0v) is 10.8. The zero-order valence-electron chi connectivity index (χ0n) is 10.8. The van der Waals surface area contributed by atoms with Crippen molar-refractivity contribution in [3.8, 4) is 0 Å². The van der Waals surface area contributed by atoms with Crippen LogP contribution in [0.3, 0.4) is 0 Å². The number of aryl methyl sites for hydroxylation is 2. The first kappa shape index (κ1) is 12.1. The first-order valence-electron chi connectivity index (χ1n) is 6.24. The predicted molar refractivity (Wildman–Crippen MR) is 70.4 cm³/mol. The minimum atomic E-state index is 0.742. The molecule has 0 amide bonds. The molecule has 3 nitrogen and oxygen atoms in total. The Morgan fingerprint density at radius 3 is 2.71 bits per heavy atom. The largest absolute Gasteiger partial charge is 0.381 e. The smallest absolute Gasteiger partial charge is 0.109 e. The number of imidazole rings is 1. The van der Waals surface area contributed by atoms with Crippen LogP contribution in [0.15, 0.2) is 12.1 Å². The predicted octanol–water partition coefficient (Wildman–Crippen LogP) is 3.15. The average Bonchev–Trinajstić information content (AvgIpc) is 2.67. The summed E-state index contributed by atoms with van der Waals surface area (Å²) in [6, 6.07) is 4.30. The zero-order chi connectivity index (χ0) is 12.3. The van der Waals surface area contributed by atoms with Crippen LogP contribution in [0.4, 0.5) is 0 Å². The fourth-order valence-corrected chi connectivity index (χ4v) is 1.86. The lowest BCUT2D eigenvalue weighted by atomic mass is 10.1. The second-order valence-corrected chi connectivity index (χ2v) is 4.50. The monoisotopic (exact) mass is 232 g/mol. The van der Waals surface area contributed by atoms with Gasteiger partial charge in [-0.2, -0.15) is 0 Å². The molecule has 92 valence electrons. The van der Waals surface area contributed by atoms with E-state index in [0.717, 1.165) is 42.9 Å². The van der Waals surface area contributed by atoms with Crippen molar-refractivity contribution >= 4 is 11.0 Å². The van der Waals surface area contributed by atoms with Crippen LogP contribution in [0.5, 0.6) is 0 Å². The molecule has 0 aliphatic carbocycles. The van der Waals surface area contributed by atoms with Gasteiger partial charge in [-0.05, 0) is 43.5 Å². The molecule has 0 atom stereocenters. The summed E-state index contributed by atoms with van der Waals surface area (Å²) in [4.78, 5) is 7.93.